The summed E-state index contributed by atoms with van der Waals surface area (Å²) in [7, 11) is 0. The van der Waals surface area contributed by atoms with Crippen molar-refractivity contribution >= 4 is 0 Å². The maximum atomic E-state index is 12.7. The molecule has 0 spiro atoms. The number of aromatic nitrogens is 1. The zero-order valence-electron chi connectivity index (χ0n) is 17.1. The fourth-order valence-electron chi connectivity index (χ4n) is 5.24. The first-order valence-electron chi connectivity index (χ1n) is 10.5. The second-order valence-electron chi connectivity index (χ2n) is 9.06. The second-order valence-corrected chi connectivity index (χ2v) is 9.06. The third-order valence-electron chi connectivity index (χ3n) is 6.64. The van der Waals surface area contributed by atoms with Crippen LogP contribution in [0.5, 0.6) is 5.75 Å². The number of nitrogens with zero attached hydrogens (tertiary/aromatic N) is 2. The number of hydrogen-bond donors (Lipinski definition) is 3. The quantitative estimate of drug-likeness (QED) is 0.649. The van der Waals surface area contributed by atoms with Crippen LogP contribution in [0.15, 0.2) is 42.6 Å². The summed E-state index contributed by atoms with van der Waals surface area (Å²) >= 11 is 0. The van der Waals surface area contributed by atoms with Gasteiger partial charge in [-0.15, -0.1) is 0 Å². The lowest BCUT2D eigenvalue weighted by Gasteiger charge is -2.27. The highest BCUT2D eigenvalue weighted by Gasteiger charge is 2.48. The Morgan fingerprint density at radius 2 is 1.71 bits per heavy atom. The lowest BCUT2D eigenvalue weighted by molar-refractivity contribution is -0.137. The molecule has 1 aliphatic carbocycles. The van der Waals surface area contributed by atoms with Crippen LogP contribution in [0, 0.1) is 11.8 Å². The van der Waals surface area contributed by atoms with E-state index in [1.54, 1.807) is 12.1 Å². The molecule has 2 fully saturated rings. The van der Waals surface area contributed by atoms with Gasteiger partial charge in [0.25, 0.3) is 0 Å². The Morgan fingerprint density at radius 1 is 1.06 bits per heavy atom. The molecule has 3 N–H and O–H groups in total. The predicted octanol–water partition coefficient (Wildman–Crippen LogP) is 3.20. The van der Waals surface area contributed by atoms with Crippen molar-refractivity contribution in [3.05, 3.63) is 59.4 Å². The minimum absolute atomic E-state index is 0.0402. The van der Waals surface area contributed by atoms with Gasteiger partial charge in [0.1, 0.15) is 5.75 Å². The number of alkyl halides is 3. The summed E-state index contributed by atoms with van der Waals surface area (Å²) in [5.74, 6) is 0.590. The van der Waals surface area contributed by atoms with Crippen molar-refractivity contribution < 1.29 is 28.5 Å². The standard InChI is InChI=1S/C23H27F3N2O3/c24-23(25,26)19-3-1-15(2-4-19)7-22(31)8-16-11-28(12-17(16)9-22)13-18(14-29)21-6-5-20(30)10-27-21/h1-6,10,16-18,29-31H,7-9,11-14H2/t16-,17?,18?,22?/m0/s1. The Balaban J connectivity index is 1.33. The molecule has 1 aromatic heterocycles. The largest absolute Gasteiger partial charge is 0.506 e. The molecule has 1 aromatic carbocycles. The van der Waals surface area contributed by atoms with Gasteiger partial charge < -0.3 is 20.2 Å². The normalized spacial score (nSPS) is 27.4. The van der Waals surface area contributed by atoms with Crippen molar-refractivity contribution in [3.63, 3.8) is 0 Å². The van der Waals surface area contributed by atoms with Crippen LogP contribution in [0.25, 0.3) is 0 Å². The van der Waals surface area contributed by atoms with E-state index < -0.39 is 17.3 Å². The van der Waals surface area contributed by atoms with E-state index in [0.29, 0.717) is 43.2 Å². The number of likely N-dealkylation sites (tertiary alicyclic amines) is 1. The number of pyridine rings is 1. The lowest BCUT2D eigenvalue weighted by Crippen LogP contribution is -2.34. The molecule has 1 aliphatic heterocycles. The van der Waals surface area contributed by atoms with Gasteiger partial charge in [0.15, 0.2) is 0 Å². The first-order valence-corrected chi connectivity index (χ1v) is 10.5. The molecular weight excluding hydrogens is 409 g/mol. The molecule has 8 heteroatoms. The number of rotatable bonds is 6. The second kappa shape index (κ2) is 8.41. The number of benzene rings is 1. The van der Waals surface area contributed by atoms with E-state index in [0.717, 1.165) is 30.9 Å². The number of aliphatic hydroxyl groups is 2. The highest BCUT2D eigenvalue weighted by Crippen LogP contribution is 2.45. The van der Waals surface area contributed by atoms with Crippen molar-refractivity contribution in [2.24, 2.45) is 11.8 Å². The lowest BCUT2D eigenvalue weighted by atomic mass is 9.91. The van der Waals surface area contributed by atoms with E-state index in [2.05, 4.69) is 9.88 Å². The average Bonchev–Trinajstić information content (AvgIpc) is 3.20. The summed E-state index contributed by atoms with van der Waals surface area (Å²) in [6.45, 7) is 2.24. The number of aliphatic hydroxyl groups excluding tert-OH is 1. The Kier molecular flexibility index (Phi) is 5.98. The summed E-state index contributed by atoms with van der Waals surface area (Å²) in [5, 5.41) is 30.3. The van der Waals surface area contributed by atoms with Gasteiger partial charge in [-0.1, -0.05) is 12.1 Å². The number of halogens is 3. The van der Waals surface area contributed by atoms with E-state index in [-0.39, 0.29) is 18.3 Å². The van der Waals surface area contributed by atoms with E-state index in [9.17, 15) is 28.5 Å². The summed E-state index contributed by atoms with van der Waals surface area (Å²) in [5.41, 5.74) is -0.123. The van der Waals surface area contributed by atoms with Crippen molar-refractivity contribution in [2.45, 2.75) is 37.0 Å². The van der Waals surface area contributed by atoms with Crippen LogP contribution >= 0.6 is 0 Å². The van der Waals surface area contributed by atoms with E-state index in [1.807, 2.05) is 0 Å². The molecule has 2 aromatic rings. The number of aromatic hydroxyl groups is 1. The summed E-state index contributed by atoms with van der Waals surface area (Å²) < 4.78 is 38.2. The summed E-state index contributed by atoms with van der Waals surface area (Å²) in [6.07, 6.45) is -1.38. The van der Waals surface area contributed by atoms with Crippen molar-refractivity contribution in [1.82, 2.24) is 9.88 Å². The molecular formula is C23H27F3N2O3. The van der Waals surface area contributed by atoms with Gasteiger partial charge in [0.2, 0.25) is 0 Å². The Hall–Kier alpha value is -2.16. The van der Waals surface area contributed by atoms with E-state index >= 15 is 0 Å². The van der Waals surface area contributed by atoms with Gasteiger partial charge >= 0.3 is 6.18 Å². The molecule has 3 unspecified atom stereocenters. The van der Waals surface area contributed by atoms with Crippen LogP contribution in [-0.2, 0) is 12.6 Å². The average molecular weight is 436 g/mol. The molecule has 1 saturated carbocycles. The van der Waals surface area contributed by atoms with Crippen molar-refractivity contribution in [2.75, 3.05) is 26.2 Å². The zero-order valence-corrected chi connectivity index (χ0v) is 17.1. The Labute approximate surface area is 179 Å². The van der Waals surface area contributed by atoms with Gasteiger partial charge in [-0.25, -0.2) is 0 Å². The van der Waals surface area contributed by atoms with Crippen molar-refractivity contribution in [3.8, 4) is 5.75 Å². The maximum absolute atomic E-state index is 12.7. The summed E-state index contributed by atoms with van der Waals surface area (Å²) in [4.78, 5) is 6.49. The minimum Gasteiger partial charge on any atom is -0.506 e. The predicted molar refractivity (Wildman–Crippen MR) is 108 cm³/mol. The molecule has 2 heterocycles. The third kappa shape index (κ3) is 5.02. The zero-order chi connectivity index (χ0) is 22.2. The first-order chi connectivity index (χ1) is 14.6. The highest BCUT2D eigenvalue weighted by atomic mass is 19.4. The van der Waals surface area contributed by atoms with Crippen molar-refractivity contribution in [1.29, 1.82) is 0 Å². The van der Waals surface area contributed by atoms with Gasteiger partial charge in [-0.3, -0.25) is 4.98 Å². The molecule has 0 amide bonds. The molecule has 4 rings (SSSR count). The van der Waals surface area contributed by atoms with Crippen LogP contribution in [0.2, 0.25) is 0 Å². The van der Waals surface area contributed by atoms with Crippen LogP contribution < -0.4 is 0 Å². The molecule has 2 aliphatic rings. The van der Waals surface area contributed by atoms with E-state index in [4.69, 9.17) is 0 Å². The molecule has 31 heavy (non-hydrogen) atoms. The molecule has 5 nitrogen and oxygen atoms in total. The highest BCUT2D eigenvalue weighted by molar-refractivity contribution is 5.26. The van der Waals surface area contributed by atoms with Gasteiger partial charge in [0.05, 0.1) is 24.0 Å². The number of hydrogen-bond acceptors (Lipinski definition) is 5. The fraction of sp³-hybridized carbons (Fsp3) is 0.522. The maximum Gasteiger partial charge on any atom is 0.416 e. The van der Waals surface area contributed by atoms with Crippen LogP contribution in [0.4, 0.5) is 13.2 Å². The molecule has 0 radical (unpaired) electrons. The molecule has 4 atom stereocenters. The SMILES string of the molecule is OCC(CN1CC2CC(O)(Cc3ccc(C(F)(F)F)cc3)C[C@H]2C1)c1ccc(O)cn1. The van der Waals surface area contributed by atoms with Crippen LogP contribution in [-0.4, -0.2) is 57.0 Å². The number of fused-ring (bicyclic) bond motifs is 1. The molecule has 168 valence electrons. The summed E-state index contributed by atoms with van der Waals surface area (Å²) in [6, 6.07) is 8.33. The Morgan fingerprint density at radius 3 is 2.23 bits per heavy atom. The van der Waals surface area contributed by atoms with Gasteiger partial charge in [-0.05, 0) is 54.5 Å². The first kappa shape index (κ1) is 22.0. The monoisotopic (exact) mass is 436 g/mol. The smallest absolute Gasteiger partial charge is 0.416 e. The topological polar surface area (TPSA) is 76.8 Å². The van der Waals surface area contributed by atoms with Gasteiger partial charge in [0, 0.05) is 37.7 Å². The fourth-order valence-corrected chi connectivity index (χ4v) is 5.24. The molecule has 0 bridgehead atoms. The van der Waals surface area contributed by atoms with Crippen LogP contribution in [0.1, 0.15) is 35.6 Å². The minimum atomic E-state index is -4.36. The van der Waals surface area contributed by atoms with Crippen LogP contribution in [0.3, 0.4) is 0 Å². The molecule has 1 saturated heterocycles. The Bertz CT molecular complexity index is 872. The third-order valence-corrected chi connectivity index (χ3v) is 6.64. The van der Waals surface area contributed by atoms with Gasteiger partial charge in [-0.2, -0.15) is 13.2 Å². The van der Waals surface area contributed by atoms with E-state index in [1.165, 1.54) is 18.3 Å².